The van der Waals surface area contributed by atoms with Crippen LogP contribution in [0.4, 0.5) is 0 Å². The van der Waals surface area contributed by atoms with E-state index >= 15 is 0 Å². The van der Waals surface area contributed by atoms with Crippen molar-refractivity contribution in [3.8, 4) is 28.0 Å². The molecule has 5 nitrogen and oxygen atoms in total. The van der Waals surface area contributed by atoms with Crippen LogP contribution in [0.1, 0.15) is 31.2 Å². The van der Waals surface area contributed by atoms with Crippen LogP contribution >= 0.6 is 0 Å². The lowest BCUT2D eigenvalue weighted by Crippen LogP contribution is -2.20. The number of benzene rings is 3. The van der Waals surface area contributed by atoms with Gasteiger partial charge in [-0.1, -0.05) is 48.5 Å². The fraction of sp³-hybridized carbons (Fsp3) is 0.290. The highest BCUT2D eigenvalue weighted by Gasteiger charge is 2.13. The fourth-order valence-corrected chi connectivity index (χ4v) is 5.28. The molecule has 0 bridgehead atoms. The molecule has 5 aromatic rings. The van der Waals surface area contributed by atoms with Crippen LogP contribution in [0.5, 0.6) is 5.75 Å². The molecule has 1 fully saturated rings. The van der Waals surface area contributed by atoms with Gasteiger partial charge in [-0.2, -0.15) is 5.10 Å². The minimum Gasteiger partial charge on any atom is -0.494 e. The minimum absolute atomic E-state index is 0.768. The van der Waals surface area contributed by atoms with Gasteiger partial charge in [-0.05, 0) is 91.8 Å². The first kappa shape index (κ1) is 22.7. The highest BCUT2D eigenvalue weighted by molar-refractivity contribution is 6.01. The van der Waals surface area contributed by atoms with E-state index < -0.39 is 0 Å². The Balaban J connectivity index is 1.15. The molecule has 2 aromatic heterocycles. The van der Waals surface area contributed by atoms with Crippen LogP contribution in [-0.4, -0.2) is 45.7 Å². The summed E-state index contributed by atoms with van der Waals surface area (Å²) in [6.45, 7) is 6.66. The predicted molar refractivity (Wildman–Crippen MR) is 147 cm³/mol. The van der Waals surface area contributed by atoms with Crippen molar-refractivity contribution in [2.45, 2.75) is 32.6 Å². The Hall–Kier alpha value is -3.70. The van der Waals surface area contributed by atoms with E-state index in [1.54, 1.807) is 0 Å². The first-order valence-corrected chi connectivity index (χ1v) is 13.0. The molecule has 0 amide bonds. The largest absolute Gasteiger partial charge is 0.494 e. The molecule has 0 N–H and O–H groups in total. The smallest absolute Gasteiger partial charge is 0.162 e. The zero-order chi connectivity index (χ0) is 24.3. The van der Waals surface area contributed by atoms with Crippen molar-refractivity contribution in [3.05, 3.63) is 84.8 Å². The summed E-state index contributed by atoms with van der Waals surface area (Å²) < 4.78 is 7.86. The normalized spacial score (nSPS) is 14.1. The molecule has 182 valence electrons. The molecule has 1 aliphatic heterocycles. The van der Waals surface area contributed by atoms with Gasteiger partial charge in [0.05, 0.1) is 12.8 Å². The summed E-state index contributed by atoms with van der Waals surface area (Å²) in [5, 5.41) is 7.13. The van der Waals surface area contributed by atoms with E-state index in [0.717, 1.165) is 46.7 Å². The minimum atomic E-state index is 0.768. The number of hydrogen-bond acceptors (Lipinski definition) is 4. The van der Waals surface area contributed by atoms with E-state index in [1.165, 1.54) is 55.2 Å². The summed E-state index contributed by atoms with van der Waals surface area (Å²) in [5.41, 5.74) is 6.48. The average Bonchev–Trinajstić information content (AvgIpc) is 3.59. The monoisotopic (exact) mass is 476 g/mol. The van der Waals surface area contributed by atoms with Gasteiger partial charge in [-0.3, -0.25) is 0 Å². The number of hydrogen-bond donors (Lipinski definition) is 0. The van der Waals surface area contributed by atoms with Gasteiger partial charge in [0.25, 0.3) is 0 Å². The number of likely N-dealkylation sites (tertiary alicyclic amines) is 1. The summed E-state index contributed by atoms with van der Waals surface area (Å²) in [6, 6.07) is 21.2. The lowest BCUT2D eigenvalue weighted by molar-refractivity contribution is 0.280. The van der Waals surface area contributed by atoms with Crippen LogP contribution in [0, 0.1) is 6.92 Å². The second-order valence-corrected chi connectivity index (χ2v) is 9.77. The third-order valence-electron chi connectivity index (χ3n) is 7.31. The first-order valence-electron chi connectivity index (χ1n) is 13.0. The molecule has 0 spiro atoms. The lowest BCUT2D eigenvalue weighted by atomic mass is 9.97. The third-order valence-corrected chi connectivity index (χ3v) is 7.31. The summed E-state index contributed by atoms with van der Waals surface area (Å²) >= 11 is 0. The predicted octanol–water partition coefficient (Wildman–Crippen LogP) is 6.78. The quantitative estimate of drug-likeness (QED) is 0.232. The van der Waals surface area contributed by atoms with Crippen LogP contribution in [0.3, 0.4) is 0 Å². The van der Waals surface area contributed by atoms with Crippen molar-refractivity contribution < 1.29 is 4.74 Å². The Morgan fingerprint density at radius 2 is 1.61 bits per heavy atom. The Morgan fingerprint density at radius 3 is 2.44 bits per heavy atom. The first-order chi connectivity index (χ1) is 17.8. The summed E-state index contributed by atoms with van der Waals surface area (Å²) in [6.07, 6.45) is 10.9. The third kappa shape index (κ3) is 4.59. The molecule has 36 heavy (non-hydrogen) atoms. The number of unbranched alkanes of at least 4 members (excludes halogenated alkanes) is 1. The molecular formula is C31H32N4O. The van der Waals surface area contributed by atoms with Crippen LogP contribution in [0.15, 0.2) is 79.3 Å². The van der Waals surface area contributed by atoms with Gasteiger partial charge in [0.2, 0.25) is 0 Å². The van der Waals surface area contributed by atoms with E-state index in [4.69, 9.17) is 9.72 Å². The second kappa shape index (κ2) is 10.1. The number of aromatic nitrogens is 3. The van der Waals surface area contributed by atoms with E-state index in [1.807, 2.05) is 29.0 Å². The fourth-order valence-electron chi connectivity index (χ4n) is 5.28. The molecule has 0 aliphatic carbocycles. The summed E-state index contributed by atoms with van der Waals surface area (Å²) in [4.78, 5) is 7.37. The van der Waals surface area contributed by atoms with Gasteiger partial charge in [-0.25, -0.2) is 9.50 Å². The molecule has 5 heteroatoms. The highest BCUT2D eigenvalue weighted by atomic mass is 16.5. The molecule has 3 aromatic carbocycles. The summed E-state index contributed by atoms with van der Waals surface area (Å²) in [7, 11) is 0. The summed E-state index contributed by atoms with van der Waals surface area (Å²) in [5.74, 6) is 0.918. The molecule has 0 unspecified atom stereocenters. The standard InChI is InChI=1S/C31H32N4O/c1-23-10-15-29(28-9-3-2-8-27(23)28)30-21-33-35-22-25(20-32-31(30)35)24-11-13-26(14-12-24)36-19-7-6-18-34-16-4-5-17-34/h2-3,8-15,20-22H,4-7,16-19H2,1H3. The zero-order valence-electron chi connectivity index (χ0n) is 20.9. The Labute approximate surface area is 212 Å². The maximum atomic E-state index is 5.98. The Bertz CT molecular complexity index is 1480. The molecule has 1 aliphatic rings. The van der Waals surface area contributed by atoms with Crippen LogP contribution in [0.25, 0.3) is 38.7 Å². The zero-order valence-corrected chi connectivity index (χ0v) is 20.9. The topological polar surface area (TPSA) is 42.7 Å². The van der Waals surface area contributed by atoms with Crippen molar-refractivity contribution in [1.29, 1.82) is 0 Å². The average molecular weight is 477 g/mol. The molecule has 0 atom stereocenters. The molecule has 0 radical (unpaired) electrons. The molecule has 6 rings (SSSR count). The number of nitrogens with zero attached hydrogens (tertiary/aromatic N) is 4. The number of ether oxygens (including phenoxy) is 1. The maximum absolute atomic E-state index is 5.98. The Morgan fingerprint density at radius 1 is 0.806 bits per heavy atom. The second-order valence-electron chi connectivity index (χ2n) is 9.77. The van der Waals surface area contributed by atoms with Crippen LogP contribution in [-0.2, 0) is 0 Å². The van der Waals surface area contributed by atoms with Crippen molar-refractivity contribution in [2.75, 3.05) is 26.2 Å². The van der Waals surface area contributed by atoms with Gasteiger partial charge < -0.3 is 9.64 Å². The van der Waals surface area contributed by atoms with Crippen molar-refractivity contribution in [3.63, 3.8) is 0 Å². The van der Waals surface area contributed by atoms with E-state index in [0.29, 0.717) is 0 Å². The molecular weight excluding hydrogens is 444 g/mol. The van der Waals surface area contributed by atoms with E-state index in [-0.39, 0.29) is 0 Å². The molecule has 0 saturated carbocycles. The van der Waals surface area contributed by atoms with Crippen molar-refractivity contribution in [1.82, 2.24) is 19.5 Å². The number of aryl methyl sites for hydroxylation is 1. The van der Waals surface area contributed by atoms with Crippen LogP contribution < -0.4 is 4.74 Å². The van der Waals surface area contributed by atoms with E-state index in [2.05, 4.69) is 71.7 Å². The van der Waals surface area contributed by atoms with Crippen LogP contribution in [0.2, 0.25) is 0 Å². The lowest BCUT2D eigenvalue weighted by Gasteiger charge is -2.14. The van der Waals surface area contributed by atoms with Gasteiger partial charge in [-0.15, -0.1) is 0 Å². The molecule has 3 heterocycles. The molecule has 1 saturated heterocycles. The number of fused-ring (bicyclic) bond motifs is 2. The SMILES string of the molecule is Cc1ccc(-c2cnn3cc(-c4ccc(OCCCCN5CCCC5)cc4)cnc23)c2ccccc12. The van der Waals surface area contributed by atoms with Gasteiger partial charge >= 0.3 is 0 Å². The number of rotatable bonds is 8. The van der Waals surface area contributed by atoms with E-state index in [9.17, 15) is 0 Å². The van der Waals surface area contributed by atoms with Crippen molar-refractivity contribution >= 4 is 16.4 Å². The van der Waals surface area contributed by atoms with Gasteiger partial charge in [0.15, 0.2) is 5.65 Å². The Kier molecular flexibility index (Phi) is 6.39. The van der Waals surface area contributed by atoms with Crippen molar-refractivity contribution in [2.24, 2.45) is 0 Å². The van der Waals surface area contributed by atoms with Gasteiger partial charge in [0, 0.05) is 23.5 Å². The highest BCUT2D eigenvalue weighted by Crippen LogP contribution is 2.33. The van der Waals surface area contributed by atoms with Gasteiger partial charge in [0.1, 0.15) is 5.75 Å². The maximum Gasteiger partial charge on any atom is 0.162 e.